The van der Waals surface area contributed by atoms with Gasteiger partial charge in [0.1, 0.15) is 0 Å². The van der Waals surface area contributed by atoms with Crippen LogP contribution in [-0.4, -0.2) is 38.5 Å². The Labute approximate surface area is 139 Å². The van der Waals surface area contributed by atoms with E-state index in [1.807, 2.05) is 7.05 Å². The highest BCUT2D eigenvalue weighted by molar-refractivity contribution is 6.67. The maximum Gasteiger partial charge on any atom is 0.515 e. The second-order valence-corrected chi connectivity index (χ2v) is 7.62. The highest BCUT2D eigenvalue weighted by Gasteiger charge is 2.32. The van der Waals surface area contributed by atoms with Crippen molar-refractivity contribution in [1.82, 2.24) is 4.90 Å². The van der Waals surface area contributed by atoms with E-state index in [0.717, 1.165) is 19.4 Å². The van der Waals surface area contributed by atoms with Crippen LogP contribution in [0.2, 0.25) is 0 Å². The number of rotatable bonds is 0. The number of carbonyl (C=O) groups is 2. The van der Waals surface area contributed by atoms with E-state index < -0.39 is 14.1 Å². The second-order valence-electron chi connectivity index (χ2n) is 3.26. The minimum absolute atomic E-state index is 0.292. The molecule has 0 radical (unpaired) electrons. The zero-order chi connectivity index (χ0) is 15.3. The van der Waals surface area contributed by atoms with Gasteiger partial charge in [-0.25, -0.2) is 4.79 Å². The molecule has 0 unspecified atom stereocenters. The summed E-state index contributed by atoms with van der Waals surface area (Å²) < 4.78 is 3.50. The lowest BCUT2D eigenvalue weighted by molar-refractivity contribution is -0.126. The third-order valence-corrected chi connectivity index (χ3v) is 2.17. The van der Waals surface area contributed by atoms with Crippen LogP contribution >= 0.6 is 69.6 Å². The molecule has 1 heterocycles. The van der Waals surface area contributed by atoms with Crippen molar-refractivity contribution >= 4 is 81.7 Å². The summed E-state index contributed by atoms with van der Waals surface area (Å²) in [4.78, 5) is 22.8. The molecule has 1 fully saturated rings. The zero-order valence-corrected chi connectivity index (χ0v) is 14.0. The first-order chi connectivity index (χ1) is 8.41. The molecule has 0 aromatic carbocycles. The number of halogens is 6. The quantitative estimate of drug-likeness (QED) is 0.459. The minimum atomic E-state index is -2.24. The average Bonchev–Trinajstić information content (AvgIpc) is 2.44. The first-order valence-electron chi connectivity index (χ1n) is 4.70. The van der Waals surface area contributed by atoms with Crippen LogP contribution in [0.3, 0.4) is 0 Å². The minimum Gasteiger partial charge on any atom is -0.382 e. The third kappa shape index (κ3) is 12.0. The van der Waals surface area contributed by atoms with Gasteiger partial charge in [-0.15, -0.1) is 0 Å². The molecule has 0 N–H and O–H groups in total. The van der Waals surface area contributed by atoms with Gasteiger partial charge in [0, 0.05) is 20.0 Å². The summed E-state index contributed by atoms with van der Waals surface area (Å²) in [5.74, 6) is 0.292. The number of ether oxygens (including phenoxy) is 2. The molecule has 11 heteroatoms. The van der Waals surface area contributed by atoms with Crippen LogP contribution in [0.5, 0.6) is 0 Å². The van der Waals surface area contributed by atoms with E-state index in [-0.39, 0.29) is 0 Å². The van der Waals surface area contributed by atoms with Gasteiger partial charge in [-0.2, -0.15) is 0 Å². The Hall–Kier alpha value is 0.480. The first kappa shape index (κ1) is 19.5. The van der Waals surface area contributed by atoms with Crippen molar-refractivity contribution in [1.29, 1.82) is 0 Å². The number of nitrogens with zero attached hydrogens (tertiary/aromatic N) is 1. The van der Waals surface area contributed by atoms with Crippen LogP contribution in [0.15, 0.2) is 0 Å². The van der Waals surface area contributed by atoms with Crippen LogP contribution in [0.4, 0.5) is 4.79 Å². The number of hydrogen-bond donors (Lipinski definition) is 0. The Bertz CT molecular complexity index is 308. The second kappa shape index (κ2) is 8.05. The molecule has 0 aliphatic carbocycles. The van der Waals surface area contributed by atoms with Gasteiger partial charge < -0.3 is 14.4 Å². The lowest BCUT2D eigenvalue weighted by Gasteiger charge is -2.15. The van der Waals surface area contributed by atoms with Crippen molar-refractivity contribution < 1.29 is 19.1 Å². The Balaban J connectivity index is 0.000000388. The summed E-state index contributed by atoms with van der Waals surface area (Å²) in [5.41, 5.74) is 0. The maximum atomic E-state index is 10.5. The predicted octanol–water partition coefficient (Wildman–Crippen LogP) is 4.03. The molecule has 0 aromatic rings. The Morgan fingerprint density at radius 2 is 1.53 bits per heavy atom. The fourth-order valence-electron chi connectivity index (χ4n) is 0.993. The normalized spacial score (nSPS) is 15.7. The number of amides is 1. The molecule has 0 spiro atoms. The van der Waals surface area contributed by atoms with Crippen LogP contribution < -0.4 is 0 Å². The van der Waals surface area contributed by atoms with E-state index in [4.69, 9.17) is 69.6 Å². The predicted molar refractivity (Wildman–Crippen MR) is 75.0 cm³/mol. The molecular weight excluding hydrogens is 387 g/mol. The van der Waals surface area contributed by atoms with Gasteiger partial charge in [0.15, 0.2) is 0 Å². The van der Waals surface area contributed by atoms with E-state index in [2.05, 4.69) is 9.47 Å². The van der Waals surface area contributed by atoms with Crippen LogP contribution in [-0.2, 0) is 14.3 Å². The number of carbonyl (C=O) groups excluding carboxylic acids is 2. The van der Waals surface area contributed by atoms with Crippen molar-refractivity contribution in [2.45, 2.75) is 20.8 Å². The zero-order valence-electron chi connectivity index (χ0n) is 9.47. The van der Waals surface area contributed by atoms with Crippen LogP contribution in [0.1, 0.15) is 12.8 Å². The van der Waals surface area contributed by atoms with E-state index in [9.17, 15) is 9.59 Å². The van der Waals surface area contributed by atoms with E-state index in [1.54, 1.807) is 4.90 Å². The molecule has 19 heavy (non-hydrogen) atoms. The molecule has 0 saturated carbocycles. The molecule has 1 aliphatic rings. The molecule has 1 rings (SSSR count). The third-order valence-electron chi connectivity index (χ3n) is 1.71. The molecule has 1 aliphatic heterocycles. The van der Waals surface area contributed by atoms with Gasteiger partial charge in [0.05, 0.1) is 0 Å². The number of hydrogen-bond acceptors (Lipinski definition) is 4. The lowest BCUT2D eigenvalue weighted by Crippen LogP contribution is -2.22. The van der Waals surface area contributed by atoms with Crippen molar-refractivity contribution in [3.63, 3.8) is 0 Å². The smallest absolute Gasteiger partial charge is 0.382 e. The van der Waals surface area contributed by atoms with E-state index in [0.29, 0.717) is 5.91 Å². The summed E-state index contributed by atoms with van der Waals surface area (Å²) in [6.07, 6.45) is 0.404. The molecule has 1 amide bonds. The average molecular weight is 396 g/mol. The topological polar surface area (TPSA) is 55.8 Å². The summed E-state index contributed by atoms with van der Waals surface area (Å²) in [5, 5.41) is 0. The van der Waals surface area contributed by atoms with Crippen LogP contribution in [0.25, 0.3) is 0 Å². The van der Waals surface area contributed by atoms with Crippen molar-refractivity contribution in [3.8, 4) is 0 Å². The van der Waals surface area contributed by atoms with Crippen LogP contribution in [0, 0.1) is 0 Å². The van der Waals surface area contributed by atoms with Gasteiger partial charge in [-0.1, -0.05) is 0 Å². The monoisotopic (exact) mass is 393 g/mol. The fourth-order valence-corrected chi connectivity index (χ4v) is 1.37. The SMILES string of the molecule is CN1CCCC1=O.O=C(OC(Cl)(Cl)Cl)OC(Cl)(Cl)Cl. The van der Waals surface area contributed by atoms with Crippen molar-refractivity contribution in [3.05, 3.63) is 0 Å². The van der Waals surface area contributed by atoms with Crippen molar-refractivity contribution in [2.24, 2.45) is 0 Å². The van der Waals surface area contributed by atoms with Gasteiger partial charge >= 0.3 is 14.1 Å². The molecular formula is C8H9Cl6NO4. The number of likely N-dealkylation sites (tertiary alicyclic amines) is 1. The lowest BCUT2D eigenvalue weighted by atomic mass is 10.4. The Kier molecular flexibility index (Phi) is 8.26. The molecule has 0 aromatic heterocycles. The van der Waals surface area contributed by atoms with Crippen molar-refractivity contribution in [2.75, 3.05) is 13.6 Å². The molecule has 112 valence electrons. The van der Waals surface area contributed by atoms with Gasteiger partial charge in [-0.3, -0.25) is 4.79 Å². The molecule has 5 nitrogen and oxygen atoms in total. The van der Waals surface area contributed by atoms with Gasteiger partial charge in [0.2, 0.25) is 5.91 Å². The molecule has 0 atom stereocenters. The van der Waals surface area contributed by atoms with Gasteiger partial charge in [-0.05, 0) is 76.0 Å². The first-order valence-corrected chi connectivity index (χ1v) is 6.97. The fraction of sp³-hybridized carbons (Fsp3) is 0.750. The number of alkyl halides is 6. The largest absolute Gasteiger partial charge is 0.515 e. The maximum absolute atomic E-state index is 10.5. The van der Waals surface area contributed by atoms with E-state index in [1.165, 1.54) is 0 Å². The van der Waals surface area contributed by atoms with Gasteiger partial charge in [0.25, 0.3) is 0 Å². The summed E-state index contributed by atoms with van der Waals surface area (Å²) >= 11 is 30.2. The molecule has 0 bridgehead atoms. The van der Waals surface area contributed by atoms with E-state index >= 15 is 0 Å². The highest BCUT2D eigenvalue weighted by atomic mass is 35.6. The summed E-state index contributed by atoms with van der Waals surface area (Å²) in [6, 6.07) is 0. The standard InChI is InChI=1S/C5H9NO.C3Cl6O3/c1-6-4-2-3-5(6)7;4-2(5,6)11-1(10)12-3(7,8)9/h2-4H2,1H3;. The summed E-state index contributed by atoms with van der Waals surface area (Å²) in [6.45, 7) is 0.957. The highest BCUT2D eigenvalue weighted by Crippen LogP contribution is 2.32. The summed E-state index contributed by atoms with van der Waals surface area (Å²) in [7, 11) is 1.84. The molecule has 1 saturated heterocycles. The Morgan fingerprint density at radius 3 is 1.68 bits per heavy atom. The Morgan fingerprint density at radius 1 is 1.11 bits per heavy atom.